The van der Waals surface area contributed by atoms with E-state index < -0.39 is 18.0 Å². The molecule has 2 fully saturated rings. The third-order valence-electron chi connectivity index (χ3n) is 5.66. The molecule has 0 aromatic rings. The smallest absolute Gasteiger partial charge is 0.315 e. The average molecular weight is 354 g/mol. The molecule has 8 nitrogen and oxygen atoms in total. The number of aliphatic carboxylic acids is 1. The molecule has 2 saturated heterocycles. The Bertz CT molecular complexity index is 493. The second-order valence-corrected chi connectivity index (χ2v) is 7.34. The van der Waals surface area contributed by atoms with Crippen molar-refractivity contribution in [1.29, 1.82) is 0 Å². The van der Waals surface area contributed by atoms with Gasteiger partial charge >= 0.3 is 12.0 Å². The Labute approximate surface area is 148 Å². The van der Waals surface area contributed by atoms with Gasteiger partial charge in [-0.3, -0.25) is 9.59 Å². The number of piperidine rings is 2. The van der Waals surface area contributed by atoms with Gasteiger partial charge in [0.25, 0.3) is 0 Å². The Morgan fingerprint density at radius 2 is 1.64 bits per heavy atom. The maximum atomic E-state index is 12.8. The van der Waals surface area contributed by atoms with Crippen molar-refractivity contribution < 1.29 is 19.5 Å². The van der Waals surface area contributed by atoms with Gasteiger partial charge in [0.05, 0.1) is 0 Å². The molecular weight excluding hydrogens is 324 g/mol. The lowest BCUT2D eigenvalue weighted by Gasteiger charge is -2.46. The Hall–Kier alpha value is -1.83. The number of likely N-dealkylation sites (tertiary alicyclic amines) is 2. The zero-order valence-electron chi connectivity index (χ0n) is 15.2. The molecule has 3 amide bonds. The van der Waals surface area contributed by atoms with Crippen molar-refractivity contribution >= 4 is 17.9 Å². The zero-order valence-corrected chi connectivity index (χ0v) is 15.2. The lowest BCUT2D eigenvalue weighted by atomic mass is 9.71. The van der Waals surface area contributed by atoms with Crippen LogP contribution in [-0.4, -0.2) is 79.1 Å². The molecule has 0 aliphatic carbocycles. The van der Waals surface area contributed by atoms with Crippen molar-refractivity contribution in [2.45, 2.75) is 44.6 Å². The van der Waals surface area contributed by atoms with E-state index >= 15 is 0 Å². The third kappa shape index (κ3) is 5.32. The van der Waals surface area contributed by atoms with E-state index in [2.05, 4.69) is 22.6 Å². The molecule has 2 aliphatic heterocycles. The first kappa shape index (κ1) is 19.5. The minimum absolute atomic E-state index is 0.105. The van der Waals surface area contributed by atoms with Gasteiger partial charge in [-0.25, -0.2) is 4.79 Å². The van der Waals surface area contributed by atoms with Crippen LogP contribution in [0.1, 0.15) is 38.5 Å². The Kier molecular flexibility index (Phi) is 6.64. The third-order valence-corrected chi connectivity index (χ3v) is 5.66. The fourth-order valence-electron chi connectivity index (χ4n) is 3.77. The second kappa shape index (κ2) is 8.51. The number of carbonyl (C=O) groups excluding carboxylic acids is 2. The van der Waals surface area contributed by atoms with Crippen LogP contribution in [0.2, 0.25) is 0 Å². The van der Waals surface area contributed by atoms with Crippen molar-refractivity contribution in [1.82, 2.24) is 20.4 Å². The molecule has 2 rings (SSSR count). The predicted molar refractivity (Wildman–Crippen MR) is 93.2 cm³/mol. The number of carbonyl (C=O) groups is 3. The first-order valence-corrected chi connectivity index (χ1v) is 9.03. The van der Waals surface area contributed by atoms with Crippen LogP contribution in [0.3, 0.4) is 0 Å². The van der Waals surface area contributed by atoms with Crippen molar-refractivity contribution in [3.63, 3.8) is 0 Å². The molecule has 8 heteroatoms. The normalized spacial score (nSPS) is 21.6. The lowest BCUT2D eigenvalue weighted by molar-refractivity contribution is -0.138. The highest BCUT2D eigenvalue weighted by molar-refractivity contribution is 5.87. The highest BCUT2D eigenvalue weighted by atomic mass is 16.4. The molecule has 1 spiro atoms. The standard InChI is InChI=1S/C17H30N4O4/c1-18-16(25)19-13(3-4-14(22)23)15(24)21-11-7-17(8-12-21)5-9-20(2)10-6-17/h13H,3-12H2,1-2H3,(H,22,23)(H2,18,19,25). The molecule has 2 heterocycles. The molecule has 2 aliphatic rings. The summed E-state index contributed by atoms with van der Waals surface area (Å²) in [4.78, 5) is 39.3. The van der Waals surface area contributed by atoms with Crippen molar-refractivity contribution in [3.8, 4) is 0 Å². The van der Waals surface area contributed by atoms with Crippen LogP contribution in [0, 0.1) is 5.41 Å². The summed E-state index contributed by atoms with van der Waals surface area (Å²) in [7, 11) is 3.61. The Balaban J connectivity index is 1.92. The quantitative estimate of drug-likeness (QED) is 0.667. The van der Waals surface area contributed by atoms with E-state index in [0.717, 1.165) is 25.9 Å². The molecular formula is C17H30N4O4. The SMILES string of the molecule is CNC(=O)NC(CCC(=O)O)C(=O)N1CCC2(CCN(C)CC2)CC1. The fraction of sp³-hybridized carbons (Fsp3) is 0.824. The minimum atomic E-state index is -0.972. The molecule has 142 valence electrons. The largest absolute Gasteiger partial charge is 0.481 e. The number of hydrogen-bond donors (Lipinski definition) is 3. The van der Waals surface area contributed by atoms with E-state index in [9.17, 15) is 14.4 Å². The summed E-state index contributed by atoms with van der Waals surface area (Å²) in [6, 6.07) is -1.25. The minimum Gasteiger partial charge on any atom is -0.481 e. The fourth-order valence-corrected chi connectivity index (χ4v) is 3.77. The number of carboxylic acid groups (broad SMARTS) is 1. The van der Waals surface area contributed by atoms with E-state index in [4.69, 9.17) is 5.11 Å². The number of hydrogen-bond acceptors (Lipinski definition) is 4. The van der Waals surface area contributed by atoms with E-state index in [1.807, 2.05) is 0 Å². The highest BCUT2D eigenvalue weighted by Crippen LogP contribution is 2.41. The Morgan fingerprint density at radius 1 is 1.08 bits per heavy atom. The maximum absolute atomic E-state index is 12.8. The van der Waals surface area contributed by atoms with Crippen molar-refractivity contribution in [2.75, 3.05) is 40.3 Å². The van der Waals surface area contributed by atoms with E-state index in [1.165, 1.54) is 19.9 Å². The van der Waals surface area contributed by atoms with Crippen LogP contribution in [0.5, 0.6) is 0 Å². The predicted octanol–water partition coefficient (Wildman–Crippen LogP) is 0.483. The average Bonchev–Trinajstić information content (AvgIpc) is 2.61. The summed E-state index contributed by atoms with van der Waals surface area (Å²) in [5.74, 6) is -1.15. The highest BCUT2D eigenvalue weighted by Gasteiger charge is 2.39. The number of rotatable bonds is 5. The van der Waals surface area contributed by atoms with Gasteiger partial charge in [0.1, 0.15) is 6.04 Å². The van der Waals surface area contributed by atoms with Gasteiger partial charge in [0.15, 0.2) is 0 Å². The van der Waals surface area contributed by atoms with Crippen LogP contribution < -0.4 is 10.6 Å². The summed E-state index contributed by atoms with van der Waals surface area (Å²) < 4.78 is 0. The number of urea groups is 1. The van der Waals surface area contributed by atoms with E-state index in [0.29, 0.717) is 18.5 Å². The molecule has 3 N–H and O–H groups in total. The molecule has 0 aromatic heterocycles. The van der Waals surface area contributed by atoms with Gasteiger partial charge in [-0.2, -0.15) is 0 Å². The first-order chi connectivity index (χ1) is 11.8. The van der Waals surface area contributed by atoms with E-state index in [1.54, 1.807) is 4.90 Å². The lowest BCUT2D eigenvalue weighted by Crippen LogP contribution is -2.54. The van der Waals surface area contributed by atoms with Crippen LogP contribution in [0.15, 0.2) is 0 Å². The van der Waals surface area contributed by atoms with Crippen molar-refractivity contribution in [2.24, 2.45) is 5.41 Å². The number of amides is 3. The molecule has 0 bridgehead atoms. The number of nitrogens with zero attached hydrogens (tertiary/aromatic N) is 2. The van der Waals surface area contributed by atoms with Gasteiger partial charge < -0.3 is 25.5 Å². The summed E-state index contributed by atoms with van der Waals surface area (Å²) >= 11 is 0. The van der Waals surface area contributed by atoms with Crippen LogP contribution in [0.25, 0.3) is 0 Å². The summed E-state index contributed by atoms with van der Waals surface area (Å²) in [5, 5.41) is 13.9. The van der Waals surface area contributed by atoms with Gasteiger partial charge in [0, 0.05) is 26.6 Å². The van der Waals surface area contributed by atoms with Gasteiger partial charge in [-0.15, -0.1) is 0 Å². The summed E-state index contributed by atoms with van der Waals surface area (Å²) in [6.07, 6.45) is 4.27. The Morgan fingerprint density at radius 3 is 2.16 bits per heavy atom. The molecule has 25 heavy (non-hydrogen) atoms. The van der Waals surface area contributed by atoms with E-state index in [-0.39, 0.29) is 18.7 Å². The molecule has 1 atom stereocenters. The second-order valence-electron chi connectivity index (χ2n) is 7.34. The van der Waals surface area contributed by atoms with Crippen LogP contribution in [0.4, 0.5) is 4.79 Å². The molecule has 1 unspecified atom stereocenters. The molecule has 0 aromatic carbocycles. The van der Waals surface area contributed by atoms with Crippen LogP contribution >= 0.6 is 0 Å². The van der Waals surface area contributed by atoms with Crippen molar-refractivity contribution in [3.05, 3.63) is 0 Å². The molecule has 0 radical (unpaired) electrons. The summed E-state index contributed by atoms with van der Waals surface area (Å²) in [5.41, 5.74) is 0.341. The van der Waals surface area contributed by atoms with Gasteiger partial charge in [0.2, 0.25) is 5.91 Å². The van der Waals surface area contributed by atoms with Gasteiger partial charge in [-0.1, -0.05) is 0 Å². The van der Waals surface area contributed by atoms with Crippen LogP contribution in [-0.2, 0) is 9.59 Å². The number of carboxylic acids is 1. The van der Waals surface area contributed by atoms with Gasteiger partial charge in [-0.05, 0) is 57.7 Å². The topological polar surface area (TPSA) is 102 Å². The first-order valence-electron chi connectivity index (χ1n) is 9.03. The summed E-state index contributed by atoms with van der Waals surface area (Å²) in [6.45, 7) is 3.57. The molecule has 0 saturated carbocycles. The maximum Gasteiger partial charge on any atom is 0.315 e. The number of nitrogens with one attached hydrogen (secondary N) is 2. The monoisotopic (exact) mass is 354 g/mol. The zero-order chi connectivity index (χ0) is 18.4.